The van der Waals surface area contributed by atoms with Gasteiger partial charge in [0.1, 0.15) is 4.21 Å². The lowest BCUT2D eigenvalue weighted by Gasteiger charge is -2.13. The Morgan fingerprint density at radius 1 is 0.889 bits per heavy atom. The van der Waals surface area contributed by atoms with Crippen LogP contribution in [0.3, 0.4) is 0 Å². The molecule has 0 radical (unpaired) electrons. The van der Waals surface area contributed by atoms with E-state index in [1.54, 1.807) is 42.5 Å². The first-order valence-electron chi connectivity index (χ1n) is 10.0. The summed E-state index contributed by atoms with van der Waals surface area (Å²) in [4.78, 5) is 29.0. The summed E-state index contributed by atoms with van der Waals surface area (Å²) < 4.78 is 59.8. The van der Waals surface area contributed by atoms with E-state index in [0.29, 0.717) is 22.8 Å². The van der Waals surface area contributed by atoms with Crippen LogP contribution in [0.25, 0.3) is 0 Å². The van der Waals surface area contributed by atoms with E-state index < -0.39 is 38.2 Å². The molecule has 0 saturated carbocycles. The molecule has 0 aliphatic heterocycles. The predicted octanol–water partition coefficient (Wildman–Crippen LogP) is 1.97. The van der Waals surface area contributed by atoms with Crippen molar-refractivity contribution in [3.63, 3.8) is 0 Å². The fourth-order valence-corrected chi connectivity index (χ4v) is 5.30. The maximum atomic E-state index is 12.6. The van der Waals surface area contributed by atoms with E-state index in [1.165, 1.54) is 13.2 Å². The topological polar surface area (TPSA) is 170 Å². The molecular weight excluding hydrogens is 532 g/mol. The van der Waals surface area contributed by atoms with Crippen molar-refractivity contribution in [3.05, 3.63) is 54.2 Å². The minimum absolute atomic E-state index is 0.112. The molecule has 2 amide bonds. The molecule has 192 valence electrons. The van der Waals surface area contributed by atoms with E-state index in [9.17, 15) is 26.4 Å². The molecular formula is C21H22N4O8S3. The average molecular weight is 555 g/mol. The van der Waals surface area contributed by atoms with Gasteiger partial charge < -0.3 is 14.8 Å². The Morgan fingerprint density at radius 3 is 2.08 bits per heavy atom. The van der Waals surface area contributed by atoms with Crippen molar-refractivity contribution < 1.29 is 35.9 Å². The van der Waals surface area contributed by atoms with Crippen molar-refractivity contribution in [2.24, 2.45) is 0 Å². The van der Waals surface area contributed by atoms with Crippen LogP contribution >= 0.6 is 11.3 Å². The van der Waals surface area contributed by atoms with Gasteiger partial charge in [0.15, 0.2) is 32.2 Å². The minimum Gasteiger partial charge on any atom is -0.493 e. The number of sulfonamides is 1. The Hall–Kier alpha value is -3.53. The molecule has 3 rings (SSSR count). The van der Waals surface area contributed by atoms with Crippen LogP contribution < -0.4 is 24.8 Å². The molecule has 1 heterocycles. The van der Waals surface area contributed by atoms with Gasteiger partial charge in [-0.1, -0.05) is 35.6 Å². The summed E-state index contributed by atoms with van der Waals surface area (Å²) in [7, 11) is -5.93. The number of ether oxygens (including phenoxy) is 2. The molecule has 3 aromatic rings. The Kier molecular flexibility index (Phi) is 8.29. The van der Waals surface area contributed by atoms with E-state index in [0.717, 1.165) is 12.5 Å². The summed E-state index contributed by atoms with van der Waals surface area (Å²) in [6.45, 7) is -0.409. The molecule has 0 aliphatic carbocycles. The molecule has 2 aromatic carbocycles. The lowest BCUT2D eigenvalue weighted by atomic mass is 10.2. The summed E-state index contributed by atoms with van der Waals surface area (Å²) in [5, 5.41) is 4.47. The highest BCUT2D eigenvalue weighted by Crippen LogP contribution is 2.35. The first-order valence-corrected chi connectivity index (χ1v) is 14.6. The van der Waals surface area contributed by atoms with E-state index in [-0.39, 0.29) is 26.5 Å². The van der Waals surface area contributed by atoms with Crippen LogP contribution in [0.1, 0.15) is 5.69 Å². The van der Waals surface area contributed by atoms with Gasteiger partial charge >= 0.3 is 11.8 Å². The smallest absolute Gasteiger partial charge is 0.315 e. The molecule has 0 spiro atoms. The molecule has 0 fully saturated rings. The summed E-state index contributed by atoms with van der Waals surface area (Å²) in [5.74, 6) is -1.11. The third kappa shape index (κ3) is 7.24. The van der Waals surface area contributed by atoms with Crippen molar-refractivity contribution in [2.75, 3.05) is 30.3 Å². The van der Waals surface area contributed by atoms with E-state index in [1.807, 2.05) is 0 Å². The molecule has 0 atom stereocenters. The van der Waals surface area contributed by atoms with Crippen LogP contribution in [0.4, 0.5) is 10.8 Å². The summed E-state index contributed by atoms with van der Waals surface area (Å²) in [5.41, 5.74) is 0.0803. The van der Waals surface area contributed by atoms with E-state index in [4.69, 9.17) is 9.47 Å². The minimum atomic E-state index is -3.78. The first-order chi connectivity index (χ1) is 16.9. The van der Waals surface area contributed by atoms with Crippen molar-refractivity contribution >= 4 is 53.8 Å². The Morgan fingerprint density at radius 2 is 1.47 bits per heavy atom. The number of sulfone groups is 1. The van der Waals surface area contributed by atoms with Gasteiger partial charge in [0.05, 0.1) is 31.3 Å². The number of aromatic nitrogens is 1. The largest absolute Gasteiger partial charge is 0.493 e. The number of thiazole rings is 1. The van der Waals surface area contributed by atoms with Gasteiger partial charge in [-0.3, -0.25) is 14.9 Å². The quantitative estimate of drug-likeness (QED) is 0.335. The van der Waals surface area contributed by atoms with Crippen LogP contribution in [0.15, 0.2) is 52.7 Å². The highest BCUT2D eigenvalue weighted by molar-refractivity contribution is 7.93. The molecule has 36 heavy (non-hydrogen) atoms. The number of anilines is 2. The molecule has 0 unspecified atom stereocenters. The van der Waals surface area contributed by atoms with Gasteiger partial charge in [-0.2, -0.15) is 0 Å². The van der Waals surface area contributed by atoms with Gasteiger partial charge in [-0.15, -0.1) is 0 Å². The monoisotopic (exact) mass is 554 g/mol. The summed E-state index contributed by atoms with van der Waals surface area (Å²) >= 11 is 0.594. The number of methoxy groups -OCH3 is 1. The second-order valence-electron chi connectivity index (χ2n) is 7.28. The predicted molar refractivity (Wildman–Crippen MR) is 134 cm³/mol. The maximum absolute atomic E-state index is 12.6. The lowest BCUT2D eigenvalue weighted by molar-refractivity contribution is -0.133. The molecule has 15 heteroatoms. The number of carbonyl (C=O) groups excluding carboxylic acids is 2. The van der Waals surface area contributed by atoms with Gasteiger partial charge in [-0.05, 0) is 24.3 Å². The number of para-hydroxylation sites is 4. The van der Waals surface area contributed by atoms with Crippen LogP contribution in [0.5, 0.6) is 17.2 Å². The van der Waals surface area contributed by atoms with Gasteiger partial charge in [0, 0.05) is 6.26 Å². The Balaban J connectivity index is 1.76. The number of carbonyl (C=O) groups is 2. The van der Waals surface area contributed by atoms with Crippen LogP contribution in [-0.2, 0) is 36.0 Å². The fourth-order valence-electron chi connectivity index (χ4n) is 2.81. The first kappa shape index (κ1) is 27.1. The zero-order valence-electron chi connectivity index (χ0n) is 19.3. The average Bonchev–Trinajstić information content (AvgIpc) is 3.22. The lowest BCUT2D eigenvalue weighted by Crippen LogP contribution is -2.29. The number of benzene rings is 2. The SMILES string of the molecule is COc1ccccc1Oc1ccccc1NC(=O)C(=O)Nc1nc(CNS(C)(=O)=O)c(S(C)(=O)=O)s1. The molecule has 3 N–H and O–H groups in total. The van der Waals surface area contributed by atoms with E-state index >= 15 is 0 Å². The Labute approximate surface area is 211 Å². The van der Waals surface area contributed by atoms with Crippen LogP contribution in [0.2, 0.25) is 0 Å². The van der Waals surface area contributed by atoms with E-state index in [2.05, 4.69) is 20.3 Å². The van der Waals surface area contributed by atoms with Crippen LogP contribution in [0, 0.1) is 0 Å². The second kappa shape index (κ2) is 11.0. The number of amides is 2. The summed E-state index contributed by atoms with van der Waals surface area (Å²) in [6.07, 6.45) is 1.82. The highest BCUT2D eigenvalue weighted by atomic mass is 32.2. The molecule has 1 aromatic heterocycles. The fraction of sp³-hybridized carbons (Fsp3) is 0.190. The number of nitrogens with one attached hydrogen (secondary N) is 3. The summed E-state index contributed by atoms with van der Waals surface area (Å²) in [6, 6.07) is 13.3. The van der Waals surface area contributed by atoms with Gasteiger partial charge in [-0.25, -0.2) is 26.5 Å². The zero-order chi connectivity index (χ0) is 26.5. The zero-order valence-corrected chi connectivity index (χ0v) is 21.7. The normalized spacial score (nSPS) is 11.5. The third-order valence-electron chi connectivity index (χ3n) is 4.35. The Bertz CT molecular complexity index is 1500. The highest BCUT2D eigenvalue weighted by Gasteiger charge is 2.24. The number of rotatable bonds is 9. The number of nitrogens with zero attached hydrogens (tertiary/aromatic N) is 1. The van der Waals surface area contributed by atoms with Crippen molar-refractivity contribution in [2.45, 2.75) is 10.8 Å². The molecule has 0 bridgehead atoms. The van der Waals surface area contributed by atoms with Crippen LogP contribution in [-0.4, -0.2) is 53.3 Å². The van der Waals surface area contributed by atoms with Crippen molar-refractivity contribution in [1.82, 2.24) is 9.71 Å². The number of hydrogen-bond acceptors (Lipinski definition) is 10. The van der Waals surface area contributed by atoms with Gasteiger partial charge in [0.25, 0.3) is 0 Å². The third-order valence-corrected chi connectivity index (χ3v) is 7.89. The molecule has 0 saturated heterocycles. The van der Waals surface area contributed by atoms with Gasteiger partial charge in [0.2, 0.25) is 10.0 Å². The van der Waals surface area contributed by atoms with Crippen molar-refractivity contribution in [3.8, 4) is 17.2 Å². The molecule has 0 aliphatic rings. The maximum Gasteiger partial charge on any atom is 0.315 e. The second-order valence-corrected chi connectivity index (χ2v) is 12.3. The standard InChI is InChI=1S/C21H22N4O8S3/c1-32-16-10-6-7-11-17(16)33-15-9-5-4-8-13(15)23-18(26)19(27)25-21-24-14(12-22-36(3,30)31)20(34-21)35(2,28)29/h4-11,22H,12H2,1-3H3,(H,23,26)(H,24,25,27). The number of hydrogen-bond donors (Lipinski definition) is 3. The van der Waals surface area contributed by atoms with Crippen molar-refractivity contribution in [1.29, 1.82) is 0 Å². The molecule has 12 nitrogen and oxygen atoms in total.